The summed E-state index contributed by atoms with van der Waals surface area (Å²) in [5.41, 5.74) is 1.19. The number of carboxylic acids is 1. The fourth-order valence-corrected chi connectivity index (χ4v) is 2.30. The third-order valence-electron chi connectivity index (χ3n) is 3.12. The van der Waals surface area contributed by atoms with E-state index in [0.29, 0.717) is 5.75 Å². The molecule has 1 heterocycles. The van der Waals surface area contributed by atoms with Crippen LogP contribution >= 0.6 is 0 Å². The summed E-state index contributed by atoms with van der Waals surface area (Å²) in [5.74, 6) is -0.447. The maximum absolute atomic E-state index is 11.1. The number of hydrogen-bond acceptors (Lipinski definition) is 3. The molecule has 1 aromatic rings. The number of aromatic carboxylic acids is 1. The van der Waals surface area contributed by atoms with E-state index in [1.807, 2.05) is 6.07 Å². The van der Waals surface area contributed by atoms with Crippen LogP contribution in [0, 0.1) is 0 Å². The van der Waals surface area contributed by atoms with Gasteiger partial charge in [-0.2, -0.15) is 0 Å². The lowest BCUT2D eigenvalue weighted by molar-refractivity contribution is 0.0693. The van der Waals surface area contributed by atoms with Gasteiger partial charge in [0.1, 0.15) is 11.3 Å². The monoisotopic (exact) mass is 235 g/mol. The molecule has 4 heteroatoms. The molecular weight excluding hydrogens is 218 g/mol. The number of ether oxygens (including phenoxy) is 1. The van der Waals surface area contributed by atoms with Gasteiger partial charge in [-0.1, -0.05) is 12.1 Å². The molecule has 0 unspecified atom stereocenters. The number of likely N-dealkylation sites (tertiary alicyclic amines) is 1. The second-order valence-corrected chi connectivity index (χ2v) is 4.29. The van der Waals surface area contributed by atoms with Gasteiger partial charge in [0, 0.05) is 12.1 Å². The molecule has 1 aromatic carbocycles. The topological polar surface area (TPSA) is 49.8 Å². The van der Waals surface area contributed by atoms with E-state index in [4.69, 9.17) is 9.84 Å². The molecule has 4 nitrogen and oxygen atoms in total. The molecule has 0 spiro atoms. The molecular formula is C13H17NO3. The number of methoxy groups -OCH3 is 1. The Morgan fingerprint density at radius 2 is 2.12 bits per heavy atom. The molecule has 0 atom stereocenters. The Balaban J connectivity index is 2.25. The van der Waals surface area contributed by atoms with Crippen LogP contribution < -0.4 is 4.74 Å². The molecule has 1 aliphatic heterocycles. The van der Waals surface area contributed by atoms with Crippen molar-refractivity contribution in [2.24, 2.45) is 0 Å². The van der Waals surface area contributed by atoms with E-state index in [-0.39, 0.29) is 5.56 Å². The van der Waals surface area contributed by atoms with Gasteiger partial charge < -0.3 is 9.84 Å². The van der Waals surface area contributed by atoms with E-state index in [2.05, 4.69) is 4.90 Å². The zero-order chi connectivity index (χ0) is 12.3. The smallest absolute Gasteiger partial charge is 0.339 e. The Morgan fingerprint density at radius 1 is 1.41 bits per heavy atom. The second-order valence-electron chi connectivity index (χ2n) is 4.29. The zero-order valence-electron chi connectivity index (χ0n) is 9.98. The summed E-state index contributed by atoms with van der Waals surface area (Å²) >= 11 is 0. The summed E-state index contributed by atoms with van der Waals surface area (Å²) in [7, 11) is 1.52. The fraction of sp³-hybridized carbons (Fsp3) is 0.462. The highest BCUT2D eigenvalue weighted by Crippen LogP contribution is 2.26. The lowest BCUT2D eigenvalue weighted by atomic mass is 10.1. The van der Waals surface area contributed by atoms with Gasteiger partial charge in [-0.05, 0) is 32.0 Å². The number of rotatable bonds is 4. The van der Waals surface area contributed by atoms with Crippen molar-refractivity contribution < 1.29 is 14.6 Å². The molecule has 2 rings (SSSR count). The Labute approximate surface area is 101 Å². The quantitative estimate of drug-likeness (QED) is 0.867. The minimum absolute atomic E-state index is 0.240. The van der Waals surface area contributed by atoms with Gasteiger partial charge in [0.25, 0.3) is 0 Å². The van der Waals surface area contributed by atoms with Gasteiger partial charge in [-0.3, -0.25) is 4.90 Å². The largest absolute Gasteiger partial charge is 0.496 e. The van der Waals surface area contributed by atoms with E-state index >= 15 is 0 Å². The van der Waals surface area contributed by atoms with Crippen molar-refractivity contribution in [2.75, 3.05) is 20.2 Å². The third kappa shape index (κ3) is 2.58. The van der Waals surface area contributed by atoms with E-state index in [1.54, 1.807) is 12.1 Å². The lowest BCUT2D eigenvalue weighted by Gasteiger charge is -2.17. The van der Waals surface area contributed by atoms with Crippen LogP contribution in [0.2, 0.25) is 0 Å². The number of benzene rings is 1. The third-order valence-corrected chi connectivity index (χ3v) is 3.12. The minimum atomic E-state index is -0.940. The number of para-hydroxylation sites is 1. The predicted molar refractivity (Wildman–Crippen MR) is 64.5 cm³/mol. The Morgan fingerprint density at radius 3 is 2.71 bits per heavy atom. The van der Waals surface area contributed by atoms with E-state index in [0.717, 1.165) is 25.2 Å². The molecule has 1 saturated heterocycles. The van der Waals surface area contributed by atoms with Gasteiger partial charge in [-0.25, -0.2) is 4.79 Å². The van der Waals surface area contributed by atoms with Crippen molar-refractivity contribution in [2.45, 2.75) is 19.4 Å². The first kappa shape index (κ1) is 11.9. The summed E-state index contributed by atoms with van der Waals surface area (Å²) in [6.07, 6.45) is 2.45. The molecule has 0 aliphatic carbocycles. The average molecular weight is 235 g/mol. The van der Waals surface area contributed by atoms with Crippen LogP contribution in [0.1, 0.15) is 28.8 Å². The second kappa shape index (κ2) is 5.19. The SMILES string of the molecule is COc1c(CN2CCCC2)cccc1C(=O)O. The van der Waals surface area contributed by atoms with Gasteiger partial charge >= 0.3 is 5.97 Å². The van der Waals surface area contributed by atoms with E-state index in [9.17, 15) is 4.79 Å². The molecule has 0 bridgehead atoms. The number of nitrogens with zero attached hydrogens (tertiary/aromatic N) is 1. The van der Waals surface area contributed by atoms with E-state index in [1.165, 1.54) is 20.0 Å². The average Bonchev–Trinajstić information content (AvgIpc) is 2.81. The molecule has 0 aromatic heterocycles. The highest BCUT2D eigenvalue weighted by atomic mass is 16.5. The maximum Gasteiger partial charge on any atom is 0.339 e. The maximum atomic E-state index is 11.1. The van der Waals surface area contributed by atoms with Crippen molar-refractivity contribution in [3.05, 3.63) is 29.3 Å². The van der Waals surface area contributed by atoms with Gasteiger partial charge in [-0.15, -0.1) is 0 Å². The number of carboxylic acid groups (broad SMARTS) is 1. The van der Waals surface area contributed by atoms with Crippen LogP contribution in [-0.4, -0.2) is 36.2 Å². The summed E-state index contributed by atoms with van der Waals surface area (Å²) in [4.78, 5) is 13.4. The molecule has 1 fully saturated rings. The molecule has 1 N–H and O–H groups in total. The van der Waals surface area contributed by atoms with Crippen molar-refractivity contribution in [1.29, 1.82) is 0 Å². The first-order valence-corrected chi connectivity index (χ1v) is 5.84. The first-order chi connectivity index (χ1) is 8.22. The molecule has 0 radical (unpaired) electrons. The summed E-state index contributed by atoms with van der Waals surface area (Å²) in [6, 6.07) is 5.29. The normalized spacial score (nSPS) is 16.1. The van der Waals surface area contributed by atoms with Crippen molar-refractivity contribution in [3.8, 4) is 5.75 Å². The van der Waals surface area contributed by atoms with Crippen LogP contribution in [0.25, 0.3) is 0 Å². The Kier molecular flexibility index (Phi) is 3.64. The van der Waals surface area contributed by atoms with Gasteiger partial charge in [0.05, 0.1) is 7.11 Å². The molecule has 92 valence electrons. The number of hydrogen-bond donors (Lipinski definition) is 1. The zero-order valence-corrected chi connectivity index (χ0v) is 9.98. The predicted octanol–water partition coefficient (Wildman–Crippen LogP) is 1.99. The van der Waals surface area contributed by atoms with Crippen LogP contribution in [0.15, 0.2) is 18.2 Å². The first-order valence-electron chi connectivity index (χ1n) is 5.84. The van der Waals surface area contributed by atoms with Crippen LogP contribution in [0.3, 0.4) is 0 Å². The Bertz CT molecular complexity index is 411. The highest BCUT2D eigenvalue weighted by molar-refractivity contribution is 5.91. The number of carbonyl (C=O) groups is 1. The lowest BCUT2D eigenvalue weighted by Crippen LogP contribution is -2.19. The van der Waals surface area contributed by atoms with E-state index < -0.39 is 5.97 Å². The summed E-state index contributed by atoms with van der Waals surface area (Å²) in [6.45, 7) is 2.94. The van der Waals surface area contributed by atoms with Crippen molar-refractivity contribution in [3.63, 3.8) is 0 Å². The summed E-state index contributed by atoms with van der Waals surface area (Å²) in [5, 5.41) is 9.09. The van der Waals surface area contributed by atoms with Gasteiger partial charge in [0.15, 0.2) is 0 Å². The fourth-order valence-electron chi connectivity index (χ4n) is 2.30. The highest BCUT2D eigenvalue weighted by Gasteiger charge is 2.18. The molecule has 0 amide bonds. The van der Waals surface area contributed by atoms with Crippen molar-refractivity contribution >= 4 is 5.97 Å². The van der Waals surface area contributed by atoms with Crippen LogP contribution in [0.4, 0.5) is 0 Å². The van der Waals surface area contributed by atoms with Crippen molar-refractivity contribution in [1.82, 2.24) is 4.90 Å². The Hall–Kier alpha value is -1.55. The molecule has 1 aliphatic rings. The van der Waals surface area contributed by atoms with Crippen LogP contribution in [0.5, 0.6) is 5.75 Å². The standard InChI is InChI=1S/C13H17NO3/c1-17-12-10(9-14-7-2-3-8-14)5-4-6-11(12)13(15)16/h4-6H,2-3,7-9H2,1H3,(H,15,16). The molecule has 0 saturated carbocycles. The molecule has 17 heavy (non-hydrogen) atoms. The summed E-state index contributed by atoms with van der Waals surface area (Å²) < 4.78 is 5.24. The minimum Gasteiger partial charge on any atom is -0.496 e. The van der Waals surface area contributed by atoms with Gasteiger partial charge in [0.2, 0.25) is 0 Å². The van der Waals surface area contributed by atoms with Crippen LogP contribution in [-0.2, 0) is 6.54 Å².